The summed E-state index contributed by atoms with van der Waals surface area (Å²) in [7, 11) is 0. The van der Waals surface area contributed by atoms with Crippen LogP contribution in [0.25, 0.3) is 0 Å². The van der Waals surface area contributed by atoms with Gasteiger partial charge in [-0.1, -0.05) is 39.8 Å². The van der Waals surface area contributed by atoms with Gasteiger partial charge < -0.3 is 5.32 Å². The van der Waals surface area contributed by atoms with Crippen molar-refractivity contribution >= 4 is 22.6 Å². The molecule has 1 aromatic rings. The molecule has 0 radical (unpaired) electrons. The predicted molar refractivity (Wildman–Crippen MR) is 99.4 cm³/mol. The van der Waals surface area contributed by atoms with E-state index in [0.29, 0.717) is 18.0 Å². The Morgan fingerprint density at radius 1 is 1.19 bits per heavy atom. The lowest BCUT2D eigenvalue weighted by Crippen LogP contribution is -2.58. The maximum atomic E-state index is 3.76. The lowest BCUT2D eigenvalue weighted by Gasteiger charge is -2.43. The van der Waals surface area contributed by atoms with E-state index in [1.807, 2.05) is 0 Å². The molecule has 1 N–H and O–H groups in total. The second kappa shape index (κ2) is 7.93. The average Bonchev–Trinajstić information content (AvgIpc) is 2.40. The number of hydrogen-bond acceptors (Lipinski definition) is 2. The van der Waals surface area contributed by atoms with Gasteiger partial charge in [0.1, 0.15) is 0 Å². The molecule has 0 aromatic heterocycles. The number of halogens is 1. The lowest BCUT2D eigenvalue weighted by atomic mass is 9.94. The van der Waals surface area contributed by atoms with Gasteiger partial charge in [0.25, 0.3) is 0 Å². The number of rotatable bonds is 5. The molecule has 21 heavy (non-hydrogen) atoms. The van der Waals surface area contributed by atoms with Crippen LogP contribution < -0.4 is 5.32 Å². The van der Waals surface area contributed by atoms with Gasteiger partial charge in [-0.15, -0.1) is 0 Å². The van der Waals surface area contributed by atoms with Crippen molar-refractivity contribution in [2.45, 2.75) is 52.7 Å². The highest BCUT2D eigenvalue weighted by Gasteiger charge is 2.29. The molecule has 0 aliphatic carbocycles. The largest absolute Gasteiger partial charge is 0.311 e. The van der Waals surface area contributed by atoms with Crippen LogP contribution in [0, 0.1) is 15.4 Å². The quantitative estimate of drug-likeness (QED) is 0.748. The molecule has 1 aromatic carbocycles. The number of piperazine rings is 1. The van der Waals surface area contributed by atoms with Crippen molar-refractivity contribution in [2.24, 2.45) is 11.8 Å². The molecular formula is C18H29IN2. The molecule has 1 fully saturated rings. The standard InChI is InChI=1S/C18H29IN2/c1-13(2)9-17-12-21(18(10-20-17)14(3)4)11-15-5-7-16(19)8-6-15/h5-8,13-14,17-18,20H,9-12H2,1-4H3. The summed E-state index contributed by atoms with van der Waals surface area (Å²) in [6.45, 7) is 12.7. The first-order valence-electron chi connectivity index (χ1n) is 8.17. The highest BCUT2D eigenvalue weighted by Crippen LogP contribution is 2.21. The first-order chi connectivity index (χ1) is 9.95. The van der Waals surface area contributed by atoms with Crippen molar-refractivity contribution in [3.8, 4) is 0 Å². The van der Waals surface area contributed by atoms with Gasteiger partial charge in [0.2, 0.25) is 0 Å². The number of nitrogens with zero attached hydrogens (tertiary/aromatic N) is 1. The Morgan fingerprint density at radius 2 is 1.86 bits per heavy atom. The van der Waals surface area contributed by atoms with Crippen molar-refractivity contribution < 1.29 is 0 Å². The Labute approximate surface area is 143 Å². The Kier molecular flexibility index (Phi) is 6.51. The summed E-state index contributed by atoms with van der Waals surface area (Å²) < 4.78 is 1.31. The molecule has 1 saturated heterocycles. The van der Waals surface area contributed by atoms with Crippen molar-refractivity contribution in [3.63, 3.8) is 0 Å². The Hall–Kier alpha value is -0.130. The topological polar surface area (TPSA) is 15.3 Å². The minimum absolute atomic E-state index is 0.642. The van der Waals surface area contributed by atoms with Gasteiger partial charge in [-0.25, -0.2) is 0 Å². The minimum atomic E-state index is 0.642. The second-order valence-corrected chi connectivity index (χ2v) is 8.35. The van der Waals surface area contributed by atoms with Crippen LogP contribution >= 0.6 is 22.6 Å². The van der Waals surface area contributed by atoms with Gasteiger partial charge in [-0.2, -0.15) is 0 Å². The van der Waals surface area contributed by atoms with E-state index in [-0.39, 0.29) is 0 Å². The normalized spacial score (nSPS) is 24.0. The average molecular weight is 400 g/mol. The highest BCUT2D eigenvalue weighted by molar-refractivity contribution is 14.1. The third kappa shape index (κ3) is 5.22. The maximum Gasteiger partial charge on any atom is 0.0247 e. The van der Waals surface area contributed by atoms with E-state index in [2.05, 4.69) is 84.8 Å². The van der Waals surface area contributed by atoms with Crippen LogP contribution in [0.2, 0.25) is 0 Å². The van der Waals surface area contributed by atoms with Gasteiger partial charge >= 0.3 is 0 Å². The summed E-state index contributed by atoms with van der Waals surface area (Å²) in [5, 5.41) is 3.76. The zero-order chi connectivity index (χ0) is 15.4. The molecule has 2 unspecified atom stereocenters. The van der Waals surface area contributed by atoms with Gasteiger partial charge in [0.05, 0.1) is 0 Å². The third-order valence-electron chi connectivity index (χ3n) is 4.36. The predicted octanol–water partition coefficient (Wildman–Crippen LogP) is 4.14. The number of nitrogens with one attached hydrogen (secondary N) is 1. The van der Waals surface area contributed by atoms with Gasteiger partial charge in [0, 0.05) is 35.3 Å². The SMILES string of the molecule is CC(C)CC1CN(Cc2ccc(I)cc2)C(C(C)C)CN1. The molecule has 1 heterocycles. The van der Waals surface area contributed by atoms with E-state index in [4.69, 9.17) is 0 Å². The van der Waals surface area contributed by atoms with Crippen LogP contribution in [0.5, 0.6) is 0 Å². The third-order valence-corrected chi connectivity index (χ3v) is 5.08. The second-order valence-electron chi connectivity index (χ2n) is 7.10. The first-order valence-corrected chi connectivity index (χ1v) is 9.25. The number of hydrogen-bond donors (Lipinski definition) is 1. The summed E-state index contributed by atoms with van der Waals surface area (Å²) in [4.78, 5) is 2.69. The molecule has 2 nitrogen and oxygen atoms in total. The molecule has 1 aliphatic rings. The van der Waals surface area contributed by atoms with Crippen molar-refractivity contribution in [2.75, 3.05) is 13.1 Å². The molecular weight excluding hydrogens is 371 g/mol. The fourth-order valence-corrected chi connectivity index (χ4v) is 3.65. The van der Waals surface area contributed by atoms with Gasteiger partial charge in [-0.3, -0.25) is 4.90 Å². The van der Waals surface area contributed by atoms with Crippen LogP contribution in [0.4, 0.5) is 0 Å². The summed E-state index contributed by atoms with van der Waals surface area (Å²) in [5.41, 5.74) is 1.44. The lowest BCUT2D eigenvalue weighted by molar-refractivity contribution is 0.0852. The van der Waals surface area contributed by atoms with Gasteiger partial charge in [-0.05, 0) is 58.5 Å². The molecule has 3 heteroatoms. The van der Waals surface area contributed by atoms with Crippen LogP contribution in [-0.2, 0) is 6.54 Å². The summed E-state index contributed by atoms with van der Waals surface area (Å²) >= 11 is 2.37. The van der Waals surface area contributed by atoms with E-state index in [0.717, 1.165) is 19.0 Å². The van der Waals surface area contributed by atoms with Crippen LogP contribution in [0.1, 0.15) is 39.7 Å². The first kappa shape index (κ1) is 17.2. The molecule has 2 rings (SSSR count). The summed E-state index contributed by atoms with van der Waals surface area (Å²) in [6, 6.07) is 10.3. The van der Waals surface area contributed by atoms with Crippen LogP contribution in [0.3, 0.4) is 0 Å². The fraction of sp³-hybridized carbons (Fsp3) is 0.667. The van der Waals surface area contributed by atoms with E-state index in [1.54, 1.807) is 0 Å². The number of benzene rings is 1. The fourth-order valence-electron chi connectivity index (χ4n) is 3.29. The summed E-state index contributed by atoms with van der Waals surface area (Å²) in [6.07, 6.45) is 1.27. The van der Waals surface area contributed by atoms with Crippen molar-refractivity contribution in [3.05, 3.63) is 33.4 Å². The Morgan fingerprint density at radius 3 is 2.43 bits per heavy atom. The van der Waals surface area contributed by atoms with Crippen molar-refractivity contribution in [1.82, 2.24) is 10.2 Å². The molecule has 0 saturated carbocycles. The van der Waals surface area contributed by atoms with E-state index >= 15 is 0 Å². The maximum absolute atomic E-state index is 3.76. The molecule has 2 atom stereocenters. The molecule has 0 amide bonds. The zero-order valence-electron chi connectivity index (χ0n) is 13.8. The Bertz CT molecular complexity index is 427. The molecule has 1 aliphatic heterocycles. The molecule has 0 spiro atoms. The van der Waals surface area contributed by atoms with Crippen LogP contribution in [0.15, 0.2) is 24.3 Å². The van der Waals surface area contributed by atoms with E-state index in [1.165, 1.54) is 22.1 Å². The molecule has 0 bridgehead atoms. The highest BCUT2D eigenvalue weighted by atomic mass is 127. The zero-order valence-corrected chi connectivity index (χ0v) is 15.9. The monoisotopic (exact) mass is 400 g/mol. The van der Waals surface area contributed by atoms with E-state index < -0.39 is 0 Å². The van der Waals surface area contributed by atoms with Crippen LogP contribution in [-0.4, -0.2) is 30.1 Å². The molecule has 118 valence electrons. The Balaban J connectivity index is 2.04. The smallest absolute Gasteiger partial charge is 0.0247 e. The summed E-state index contributed by atoms with van der Waals surface area (Å²) in [5.74, 6) is 1.46. The van der Waals surface area contributed by atoms with E-state index in [9.17, 15) is 0 Å². The minimum Gasteiger partial charge on any atom is -0.311 e. The van der Waals surface area contributed by atoms with Crippen molar-refractivity contribution in [1.29, 1.82) is 0 Å². The van der Waals surface area contributed by atoms with Gasteiger partial charge in [0.15, 0.2) is 0 Å².